The first-order chi connectivity index (χ1) is 6.57. The average Bonchev–Trinajstić information content (AvgIpc) is 2.16. The second kappa shape index (κ2) is 3.07. The molecule has 1 aliphatic heterocycles. The second-order valence-corrected chi connectivity index (χ2v) is 4.64. The van der Waals surface area contributed by atoms with E-state index in [0.29, 0.717) is 11.4 Å². The van der Waals surface area contributed by atoms with Crippen molar-refractivity contribution in [1.29, 1.82) is 0 Å². The molecule has 1 unspecified atom stereocenters. The normalized spacial score (nSPS) is 19.9. The molecule has 1 aliphatic rings. The van der Waals surface area contributed by atoms with Crippen LogP contribution in [0.4, 0.5) is 11.4 Å². The van der Waals surface area contributed by atoms with E-state index in [1.807, 2.05) is 6.07 Å². The lowest BCUT2D eigenvalue weighted by Gasteiger charge is -2.19. The minimum absolute atomic E-state index is 0.675. The first-order valence-electron chi connectivity index (χ1n) is 3.99. The molecule has 0 spiro atoms. The van der Waals surface area contributed by atoms with Crippen molar-refractivity contribution in [3.05, 3.63) is 24.3 Å². The molecule has 1 aromatic carbocycles. The first kappa shape index (κ1) is 9.17. The van der Waals surface area contributed by atoms with Gasteiger partial charge >= 0.3 is 0 Å². The van der Waals surface area contributed by atoms with Crippen LogP contribution in [-0.4, -0.2) is 20.0 Å². The number of fused-ring (bicyclic) bond motifs is 1. The van der Waals surface area contributed by atoms with Crippen molar-refractivity contribution in [1.82, 2.24) is 0 Å². The fourth-order valence-corrected chi connectivity index (χ4v) is 1.74. The summed E-state index contributed by atoms with van der Waals surface area (Å²) in [6, 6.07) is 7.17. The zero-order valence-electron chi connectivity index (χ0n) is 7.21. The Bertz CT molecular complexity index is 481. The SMILES string of the molecule is NS(=O)(=O)C1C=Nc2ccccc2N1. The minimum atomic E-state index is -3.63. The molecule has 0 radical (unpaired) electrons. The molecule has 0 saturated heterocycles. The zero-order chi connectivity index (χ0) is 10.2. The van der Waals surface area contributed by atoms with E-state index in [2.05, 4.69) is 10.3 Å². The van der Waals surface area contributed by atoms with E-state index in [1.54, 1.807) is 18.2 Å². The maximum Gasteiger partial charge on any atom is 0.235 e. The molecule has 1 heterocycles. The van der Waals surface area contributed by atoms with Gasteiger partial charge in [0, 0.05) is 6.21 Å². The highest BCUT2D eigenvalue weighted by Crippen LogP contribution is 2.27. The third-order valence-corrected chi connectivity index (χ3v) is 2.85. The number of primary sulfonamides is 1. The number of nitrogens with zero attached hydrogens (tertiary/aromatic N) is 1. The highest BCUT2D eigenvalue weighted by molar-refractivity contribution is 7.90. The topological polar surface area (TPSA) is 84.6 Å². The molecule has 0 amide bonds. The van der Waals surface area contributed by atoms with Crippen LogP contribution < -0.4 is 10.5 Å². The summed E-state index contributed by atoms with van der Waals surface area (Å²) in [5.41, 5.74) is 1.39. The van der Waals surface area contributed by atoms with Crippen LogP contribution in [0.1, 0.15) is 0 Å². The van der Waals surface area contributed by atoms with Gasteiger partial charge in [-0.05, 0) is 12.1 Å². The van der Waals surface area contributed by atoms with Crippen molar-refractivity contribution in [2.75, 3.05) is 5.32 Å². The van der Waals surface area contributed by atoms with Crippen LogP contribution in [0.5, 0.6) is 0 Å². The number of aliphatic imine (C=N–C) groups is 1. The highest BCUT2D eigenvalue weighted by atomic mass is 32.2. The van der Waals surface area contributed by atoms with Crippen molar-refractivity contribution in [2.45, 2.75) is 5.37 Å². The molecule has 0 saturated carbocycles. The van der Waals surface area contributed by atoms with Gasteiger partial charge in [-0.25, -0.2) is 13.6 Å². The summed E-state index contributed by atoms with van der Waals surface area (Å²) in [6.45, 7) is 0. The van der Waals surface area contributed by atoms with Crippen LogP contribution in [0.25, 0.3) is 0 Å². The smallest absolute Gasteiger partial charge is 0.235 e. The van der Waals surface area contributed by atoms with Crippen molar-refractivity contribution in [3.8, 4) is 0 Å². The summed E-state index contributed by atoms with van der Waals surface area (Å²) in [5, 5.41) is 6.83. The third-order valence-electron chi connectivity index (χ3n) is 1.90. The molecular weight excluding hydrogens is 202 g/mol. The molecule has 1 atom stereocenters. The molecule has 0 aliphatic carbocycles. The van der Waals surface area contributed by atoms with Gasteiger partial charge in [-0.15, -0.1) is 0 Å². The van der Waals surface area contributed by atoms with Gasteiger partial charge in [0.15, 0.2) is 5.37 Å². The van der Waals surface area contributed by atoms with E-state index in [-0.39, 0.29) is 0 Å². The number of nitrogens with one attached hydrogen (secondary N) is 1. The summed E-state index contributed by atoms with van der Waals surface area (Å²) in [7, 11) is -3.63. The van der Waals surface area contributed by atoms with Gasteiger partial charge in [0.25, 0.3) is 0 Å². The maximum absolute atomic E-state index is 11.0. The molecule has 0 fully saturated rings. The van der Waals surface area contributed by atoms with Gasteiger partial charge in [-0.2, -0.15) is 0 Å². The Labute approximate surface area is 81.7 Å². The summed E-state index contributed by atoms with van der Waals surface area (Å²) >= 11 is 0. The number of benzene rings is 1. The van der Waals surface area contributed by atoms with E-state index in [9.17, 15) is 8.42 Å². The van der Waals surface area contributed by atoms with Gasteiger partial charge in [-0.3, -0.25) is 4.99 Å². The molecule has 3 N–H and O–H groups in total. The van der Waals surface area contributed by atoms with E-state index < -0.39 is 15.4 Å². The summed E-state index contributed by atoms with van der Waals surface area (Å²) in [6.07, 6.45) is 1.29. The van der Waals surface area contributed by atoms with Crippen LogP contribution in [0, 0.1) is 0 Å². The fourth-order valence-electron chi connectivity index (χ4n) is 1.21. The third kappa shape index (κ3) is 1.61. The monoisotopic (exact) mass is 211 g/mol. The Kier molecular flexibility index (Phi) is 2.01. The average molecular weight is 211 g/mol. The quantitative estimate of drug-likeness (QED) is 0.706. The van der Waals surface area contributed by atoms with Gasteiger partial charge in [-0.1, -0.05) is 12.1 Å². The first-order valence-corrected chi connectivity index (χ1v) is 5.60. The highest BCUT2D eigenvalue weighted by Gasteiger charge is 2.22. The Morgan fingerprint density at radius 3 is 2.79 bits per heavy atom. The molecule has 0 bridgehead atoms. The molecule has 1 aromatic rings. The molecule has 2 rings (SSSR count). The number of para-hydroxylation sites is 2. The molecule has 74 valence electrons. The predicted molar refractivity (Wildman–Crippen MR) is 55.1 cm³/mol. The van der Waals surface area contributed by atoms with E-state index in [0.717, 1.165) is 0 Å². The van der Waals surface area contributed by atoms with Crippen LogP contribution in [0.2, 0.25) is 0 Å². The zero-order valence-corrected chi connectivity index (χ0v) is 8.03. The van der Waals surface area contributed by atoms with Crippen molar-refractivity contribution < 1.29 is 8.42 Å². The van der Waals surface area contributed by atoms with Crippen LogP contribution >= 0.6 is 0 Å². The van der Waals surface area contributed by atoms with E-state index in [1.165, 1.54) is 6.21 Å². The van der Waals surface area contributed by atoms with Crippen molar-refractivity contribution in [3.63, 3.8) is 0 Å². The fraction of sp³-hybridized carbons (Fsp3) is 0.125. The number of anilines is 1. The second-order valence-electron chi connectivity index (χ2n) is 2.95. The molecule has 5 nitrogen and oxygen atoms in total. The molecule has 0 aromatic heterocycles. The van der Waals surface area contributed by atoms with Crippen molar-refractivity contribution in [2.24, 2.45) is 10.1 Å². The number of hydrogen-bond acceptors (Lipinski definition) is 4. The summed E-state index contributed by atoms with van der Waals surface area (Å²) in [4.78, 5) is 3.99. The van der Waals surface area contributed by atoms with Gasteiger partial charge in [0.05, 0.1) is 11.4 Å². The van der Waals surface area contributed by atoms with Crippen LogP contribution in [0.15, 0.2) is 29.3 Å². The lowest BCUT2D eigenvalue weighted by molar-refractivity contribution is 0.596. The summed E-state index contributed by atoms with van der Waals surface area (Å²) < 4.78 is 22.0. The van der Waals surface area contributed by atoms with Crippen LogP contribution in [0.3, 0.4) is 0 Å². The Balaban J connectivity index is 2.40. The van der Waals surface area contributed by atoms with Gasteiger partial charge < -0.3 is 5.32 Å². The van der Waals surface area contributed by atoms with Gasteiger partial charge in [0.2, 0.25) is 10.0 Å². The Hall–Kier alpha value is -1.40. The standard InChI is InChI=1S/C8H9N3O2S/c9-14(12,13)8-5-10-6-3-1-2-4-7(6)11-8/h1-5,8,11H,(H2,9,12,13). The molecular formula is C8H9N3O2S. The predicted octanol–water partition coefficient (Wildman–Crippen LogP) is 0.429. The number of hydrogen-bond donors (Lipinski definition) is 2. The van der Waals surface area contributed by atoms with Gasteiger partial charge in [0.1, 0.15) is 0 Å². The summed E-state index contributed by atoms with van der Waals surface area (Å²) in [5.74, 6) is 0. The lowest BCUT2D eigenvalue weighted by Crippen LogP contribution is -2.37. The largest absolute Gasteiger partial charge is 0.362 e. The molecule has 6 heteroatoms. The van der Waals surface area contributed by atoms with E-state index >= 15 is 0 Å². The Morgan fingerprint density at radius 2 is 2.07 bits per heavy atom. The number of nitrogens with two attached hydrogens (primary N) is 1. The lowest BCUT2D eigenvalue weighted by atomic mass is 10.2. The molecule has 14 heavy (non-hydrogen) atoms. The van der Waals surface area contributed by atoms with E-state index in [4.69, 9.17) is 5.14 Å². The van der Waals surface area contributed by atoms with Crippen LogP contribution in [-0.2, 0) is 10.0 Å². The number of sulfonamides is 1. The van der Waals surface area contributed by atoms with Crippen molar-refractivity contribution >= 4 is 27.6 Å². The Morgan fingerprint density at radius 1 is 1.36 bits per heavy atom. The maximum atomic E-state index is 11.0. The number of rotatable bonds is 1. The minimum Gasteiger partial charge on any atom is -0.362 e.